The van der Waals surface area contributed by atoms with E-state index in [-0.39, 0.29) is 17.5 Å². The third-order valence-electron chi connectivity index (χ3n) is 7.18. The molecule has 0 aliphatic heterocycles. The van der Waals surface area contributed by atoms with E-state index in [4.69, 9.17) is 4.52 Å². The van der Waals surface area contributed by atoms with Gasteiger partial charge in [-0.2, -0.15) is 0 Å². The normalized spacial score (nSPS) is 34.6. The lowest BCUT2D eigenvalue weighted by Gasteiger charge is -2.39. The Labute approximate surface area is 137 Å². The highest BCUT2D eigenvalue weighted by Gasteiger charge is 2.61. The summed E-state index contributed by atoms with van der Waals surface area (Å²) in [7, 11) is 0. The van der Waals surface area contributed by atoms with Gasteiger partial charge in [0.2, 0.25) is 0 Å². The molecule has 0 spiro atoms. The molecule has 0 aromatic carbocycles. The van der Waals surface area contributed by atoms with Gasteiger partial charge in [0.25, 0.3) is 0 Å². The molecule has 5 nitrogen and oxygen atoms in total. The minimum absolute atomic E-state index is 0.118. The number of hydrogen-bond donors (Lipinski definition) is 2. The lowest BCUT2D eigenvalue weighted by molar-refractivity contribution is 0.125. The summed E-state index contributed by atoms with van der Waals surface area (Å²) < 4.78 is 5.40. The van der Waals surface area contributed by atoms with Crippen LogP contribution >= 0.6 is 0 Å². The van der Waals surface area contributed by atoms with Crippen LogP contribution in [0.3, 0.4) is 0 Å². The Balaban J connectivity index is 1.47. The highest BCUT2D eigenvalue weighted by molar-refractivity contribution is 5.90. The number of fused-ring (bicyclic) bond motifs is 2. The second-order valence-corrected chi connectivity index (χ2v) is 8.54. The molecule has 5 heteroatoms. The molecule has 4 rings (SSSR count). The Morgan fingerprint density at radius 1 is 1.26 bits per heavy atom. The minimum atomic E-state index is -0.118. The van der Waals surface area contributed by atoms with Crippen LogP contribution in [0.15, 0.2) is 4.52 Å². The van der Waals surface area contributed by atoms with Crippen molar-refractivity contribution in [2.24, 2.45) is 16.7 Å². The number of carbonyl (C=O) groups excluding carboxylic acids is 1. The van der Waals surface area contributed by atoms with Crippen LogP contribution in [0.2, 0.25) is 0 Å². The van der Waals surface area contributed by atoms with Gasteiger partial charge in [0.1, 0.15) is 11.4 Å². The molecule has 3 saturated carbocycles. The maximum atomic E-state index is 12.6. The Hall–Kier alpha value is -1.52. The Morgan fingerprint density at radius 3 is 2.57 bits per heavy atom. The monoisotopic (exact) mass is 317 g/mol. The largest absolute Gasteiger partial charge is 0.359 e. The average molecular weight is 317 g/mol. The van der Waals surface area contributed by atoms with Gasteiger partial charge in [-0.15, -0.1) is 0 Å². The highest BCUT2D eigenvalue weighted by atomic mass is 16.5. The van der Waals surface area contributed by atoms with E-state index in [1.807, 2.05) is 6.92 Å². The minimum Gasteiger partial charge on any atom is -0.359 e. The predicted molar refractivity (Wildman–Crippen MR) is 88.4 cm³/mol. The number of nitrogens with one attached hydrogen (secondary N) is 2. The molecule has 126 valence electrons. The molecule has 2 N–H and O–H groups in total. The van der Waals surface area contributed by atoms with Gasteiger partial charge in [-0.1, -0.05) is 25.9 Å². The zero-order chi connectivity index (χ0) is 16.4. The molecule has 3 fully saturated rings. The zero-order valence-electron chi connectivity index (χ0n) is 14.5. The number of rotatable bonds is 3. The number of carbonyl (C=O) groups is 1. The molecule has 0 radical (unpaired) electrons. The molecule has 3 atom stereocenters. The van der Waals surface area contributed by atoms with Crippen LogP contribution in [0.5, 0.6) is 0 Å². The summed E-state index contributed by atoms with van der Waals surface area (Å²) in [6.45, 7) is 8.94. The highest BCUT2D eigenvalue weighted by Crippen LogP contribution is 2.65. The molecule has 2 amide bonds. The molecule has 3 aliphatic carbocycles. The summed E-state index contributed by atoms with van der Waals surface area (Å²) in [6.07, 6.45) is 5.84. The van der Waals surface area contributed by atoms with E-state index in [1.54, 1.807) is 0 Å². The molecule has 1 aromatic heterocycles. The number of anilines is 1. The van der Waals surface area contributed by atoms with Crippen LogP contribution < -0.4 is 10.6 Å². The van der Waals surface area contributed by atoms with Gasteiger partial charge in [0, 0.05) is 12.0 Å². The van der Waals surface area contributed by atoms with Crippen molar-refractivity contribution in [3.8, 4) is 0 Å². The molecule has 1 heterocycles. The Morgan fingerprint density at radius 2 is 2.00 bits per heavy atom. The second kappa shape index (κ2) is 4.74. The third-order valence-corrected chi connectivity index (χ3v) is 7.18. The number of nitrogens with zero attached hydrogens (tertiary/aromatic N) is 1. The van der Waals surface area contributed by atoms with Gasteiger partial charge in [0.05, 0.1) is 0 Å². The van der Waals surface area contributed by atoms with Crippen LogP contribution in [0.25, 0.3) is 0 Å². The van der Waals surface area contributed by atoms with Gasteiger partial charge in [0.15, 0.2) is 5.76 Å². The summed E-state index contributed by atoms with van der Waals surface area (Å²) in [4.78, 5) is 12.6. The number of amides is 2. The first-order valence-electron chi connectivity index (χ1n) is 8.86. The van der Waals surface area contributed by atoms with Crippen molar-refractivity contribution in [3.05, 3.63) is 11.5 Å². The summed E-state index contributed by atoms with van der Waals surface area (Å²) in [5.74, 6) is 2.00. The van der Waals surface area contributed by atoms with Crippen LogP contribution in [0.4, 0.5) is 10.5 Å². The molecule has 3 aliphatic rings. The summed E-state index contributed by atoms with van der Waals surface area (Å²) >= 11 is 0. The first-order valence-corrected chi connectivity index (χ1v) is 8.86. The molecule has 23 heavy (non-hydrogen) atoms. The summed E-state index contributed by atoms with van der Waals surface area (Å²) in [6, 6.07) is 0.133. The molecule has 3 unspecified atom stereocenters. The fourth-order valence-corrected chi connectivity index (χ4v) is 4.89. The van der Waals surface area contributed by atoms with E-state index >= 15 is 0 Å². The standard InChI is InChI=1S/C18H27N3O2/c1-10-14(15(23-21-10)11-5-6-11)20-16(22)19-13-9-12-7-8-18(13,4)17(12,2)3/h11-13H,5-9H2,1-4H3,(H2,19,20,22). The van der Waals surface area contributed by atoms with Crippen LogP contribution in [0, 0.1) is 23.7 Å². The van der Waals surface area contributed by atoms with Crippen molar-refractivity contribution >= 4 is 11.7 Å². The van der Waals surface area contributed by atoms with E-state index in [0.29, 0.717) is 11.3 Å². The van der Waals surface area contributed by atoms with Gasteiger partial charge < -0.3 is 15.2 Å². The van der Waals surface area contributed by atoms with E-state index in [2.05, 4.69) is 36.6 Å². The SMILES string of the molecule is Cc1noc(C2CC2)c1NC(=O)NC1CC2CCC1(C)C2(C)C. The number of urea groups is 1. The Bertz CT molecular complexity index is 647. The fraction of sp³-hybridized carbons (Fsp3) is 0.778. The third kappa shape index (κ3) is 2.12. The molecular weight excluding hydrogens is 290 g/mol. The van der Waals surface area contributed by atoms with Crippen molar-refractivity contribution in [2.75, 3.05) is 5.32 Å². The number of aryl methyl sites for hydroxylation is 1. The molecule has 0 saturated heterocycles. The lowest BCUT2D eigenvalue weighted by atomic mass is 9.69. The van der Waals surface area contributed by atoms with Gasteiger partial charge >= 0.3 is 6.03 Å². The average Bonchev–Trinajstić information content (AvgIpc) is 3.19. The van der Waals surface area contributed by atoms with E-state index in [0.717, 1.165) is 42.3 Å². The molecular formula is C18H27N3O2. The quantitative estimate of drug-likeness (QED) is 0.878. The number of aromatic nitrogens is 1. The van der Waals surface area contributed by atoms with Crippen molar-refractivity contribution in [3.63, 3.8) is 0 Å². The second-order valence-electron chi connectivity index (χ2n) is 8.54. The van der Waals surface area contributed by atoms with Crippen LogP contribution in [-0.2, 0) is 0 Å². The maximum absolute atomic E-state index is 12.6. The van der Waals surface area contributed by atoms with E-state index in [9.17, 15) is 4.79 Å². The molecule has 1 aromatic rings. The maximum Gasteiger partial charge on any atom is 0.319 e. The predicted octanol–water partition coefficient (Wildman–Crippen LogP) is 4.20. The van der Waals surface area contributed by atoms with Crippen LogP contribution in [-0.4, -0.2) is 17.2 Å². The molecule has 2 bridgehead atoms. The summed E-state index contributed by atoms with van der Waals surface area (Å²) in [5.41, 5.74) is 2.04. The van der Waals surface area contributed by atoms with Crippen molar-refractivity contribution in [2.45, 2.75) is 71.8 Å². The van der Waals surface area contributed by atoms with Crippen molar-refractivity contribution < 1.29 is 9.32 Å². The first-order chi connectivity index (χ1) is 10.8. The van der Waals surface area contributed by atoms with Crippen LogP contribution in [0.1, 0.15) is 70.2 Å². The van der Waals surface area contributed by atoms with Crippen molar-refractivity contribution in [1.82, 2.24) is 10.5 Å². The van der Waals surface area contributed by atoms with E-state index < -0.39 is 0 Å². The topological polar surface area (TPSA) is 67.2 Å². The fourth-order valence-electron chi connectivity index (χ4n) is 4.89. The van der Waals surface area contributed by atoms with Gasteiger partial charge in [-0.05, 0) is 55.8 Å². The zero-order valence-corrected chi connectivity index (χ0v) is 14.5. The smallest absolute Gasteiger partial charge is 0.319 e. The number of hydrogen-bond acceptors (Lipinski definition) is 3. The van der Waals surface area contributed by atoms with E-state index in [1.165, 1.54) is 12.8 Å². The Kier molecular flexibility index (Phi) is 3.10. The van der Waals surface area contributed by atoms with Crippen molar-refractivity contribution in [1.29, 1.82) is 0 Å². The lowest BCUT2D eigenvalue weighted by Crippen LogP contribution is -2.48. The summed E-state index contributed by atoms with van der Waals surface area (Å²) in [5, 5.41) is 10.3. The first kappa shape index (κ1) is 15.0. The van der Waals surface area contributed by atoms with Gasteiger partial charge in [-0.3, -0.25) is 0 Å². The van der Waals surface area contributed by atoms with Gasteiger partial charge in [-0.25, -0.2) is 4.79 Å².